The molecule has 0 radical (unpaired) electrons. The molecule has 57 heavy (non-hydrogen) atoms. The molecule has 1 aliphatic carbocycles. The molecule has 11 rings (SSSR count). The van der Waals surface area contributed by atoms with Crippen molar-refractivity contribution in [2.24, 2.45) is 0 Å². The molecule has 0 unspecified atom stereocenters. The number of fused-ring (bicyclic) bond motifs is 6. The van der Waals surface area contributed by atoms with Crippen molar-refractivity contribution >= 4 is 45.0 Å². The van der Waals surface area contributed by atoms with Crippen molar-refractivity contribution in [3.63, 3.8) is 0 Å². The third kappa shape index (κ3) is 5.76. The molecule has 0 saturated heterocycles. The Labute approximate surface area is 328 Å². The predicted octanol–water partition coefficient (Wildman–Crippen LogP) is 11.6. The maximum absolute atomic E-state index is 6.20. The fourth-order valence-electron chi connectivity index (χ4n) is 8.20. The van der Waals surface area contributed by atoms with Gasteiger partial charge in [0.15, 0.2) is 17.5 Å². The molecule has 0 spiro atoms. The minimum absolute atomic E-state index is 0.591. The Morgan fingerprint density at radius 1 is 0.456 bits per heavy atom. The van der Waals surface area contributed by atoms with Crippen LogP contribution in [-0.2, 0) is 0 Å². The standard InChI is InChI=1S/C52H34N4O/c1-3-15-34(16-4-1)35-17-13-18-36(31-35)40-21-7-8-25-44(40)52-54-50(53-51(55-52)38-29-30-49-45(33-38)43-24-10-12-28-48(43)57-49)37-19-14-20-39(32-37)56-46-26-6-2-5-22-41(46)42-23-9-11-27-47(42)56/h1-4,6-33H,5H2. The van der Waals surface area contributed by atoms with E-state index >= 15 is 0 Å². The number of aromatic nitrogens is 4. The molecule has 1 aliphatic rings. The fourth-order valence-corrected chi connectivity index (χ4v) is 8.20. The summed E-state index contributed by atoms with van der Waals surface area (Å²) in [6, 6.07) is 59.0. The van der Waals surface area contributed by atoms with Crippen molar-refractivity contribution < 1.29 is 4.42 Å². The number of rotatable bonds is 6. The number of allylic oxidation sites excluding steroid dienone is 2. The van der Waals surface area contributed by atoms with Gasteiger partial charge in [0.1, 0.15) is 11.2 Å². The van der Waals surface area contributed by atoms with Crippen molar-refractivity contribution in [3.8, 4) is 62.1 Å². The van der Waals surface area contributed by atoms with E-state index in [9.17, 15) is 0 Å². The summed E-state index contributed by atoms with van der Waals surface area (Å²) in [7, 11) is 0. The molecule has 0 N–H and O–H groups in total. The molecule has 0 aliphatic heterocycles. The van der Waals surface area contributed by atoms with Gasteiger partial charge in [0.2, 0.25) is 0 Å². The highest BCUT2D eigenvalue weighted by Gasteiger charge is 2.18. The first-order valence-electron chi connectivity index (χ1n) is 19.3. The molecule has 268 valence electrons. The summed E-state index contributed by atoms with van der Waals surface area (Å²) in [5.41, 5.74) is 11.0. The van der Waals surface area contributed by atoms with Gasteiger partial charge in [0, 0.05) is 43.8 Å². The lowest BCUT2D eigenvalue weighted by Crippen LogP contribution is -2.27. The maximum atomic E-state index is 6.20. The number of hydrogen-bond donors (Lipinski definition) is 0. The van der Waals surface area contributed by atoms with E-state index in [0.29, 0.717) is 17.5 Å². The van der Waals surface area contributed by atoms with Crippen LogP contribution in [0.15, 0.2) is 186 Å². The number of para-hydroxylation sites is 2. The normalized spacial score (nSPS) is 12.4. The van der Waals surface area contributed by atoms with Crippen LogP contribution < -0.4 is 10.6 Å². The van der Waals surface area contributed by atoms with Crippen LogP contribution in [0.1, 0.15) is 6.42 Å². The number of nitrogens with zero attached hydrogens (tertiary/aromatic N) is 4. The van der Waals surface area contributed by atoms with E-state index in [1.807, 2.05) is 36.4 Å². The van der Waals surface area contributed by atoms with Gasteiger partial charge in [-0.3, -0.25) is 0 Å². The van der Waals surface area contributed by atoms with Gasteiger partial charge >= 0.3 is 0 Å². The second kappa shape index (κ2) is 13.6. The summed E-state index contributed by atoms with van der Waals surface area (Å²) in [5.74, 6) is 1.79. The van der Waals surface area contributed by atoms with Crippen molar-refractivity contribution in [2.75, 3.05) is 0 Å². The molecule has 5 nitrogen and oxygen atoms in total. The van der Waals surface area contributed by atoms with E-state index in [-0.39, 0.29) is 0 Å². The highest BCUT2D eigenvalue weighted by Crippen LogP contribution is 2.36. The van der Waals surface area contributed by atoms with Gasteiger partial charge in [-0.2, -0.15) is 0 Å². The van der Waals surface area contributed by atoms with Crippen LogP contribution in [0, 0.1) is 0 Å². The van der Waals surface area contributed by atoms with Gasteiger partial charge in [-0.15, -0.1) is 0 Å². The van der Waals surface area contributed by atoms with Gasteiger partial charge in [0.25, 0.3) is 0 Å². The largest absolute Gasteiger partial charge is 0.456 e. The van der Waals surface area contributed by atoms with Gasteiger partial charge in [-0.05, 0) is 83.3 Å². The molecule has 3 heterocycles. The van der Waals surface area contributed by atoms with Crippen LogP contribution >= 0.6 is 0 Å². The smallest absolute Gasteiger partial charge is 0.164 e. The average molecular weight is 731 g/mol. The lowest BCUT2D eigenvalue weighted by atomic mass is 9.95. The highest BCUT2D eigenvalue weighted by atomic mass is 16.3. The Kier molecular flexibility index (Phi) is 7.81. The minimum Gasteiger partial charge on any atom is -0.456 e. The van der Waals surface area contributed by atoms with E-state index < -0.39 is 0 Å². The summed E-state index contributed by atoms with van der Waals surface area (Å²) in [4.78, 5) is 15.8. The number of hydrogen-bond acceptors (Lipinski definition) is 4. The zero-order valence-electron chi connectivity index (χ0n) is 30.9. The van der Waals surface area contributed by atoms with E-state index in [1.165, 1.54) is 16.2 Å². The van der Waals surface area contributed by atoms with Gasteiger partial charge in [-0.25, -0.2) is 15.0 Å². The molecule has 0 amide bonds. The fraction of sp³-hybridized carbons (Fsp3) is 0.0192. The van der Waals surface area contributed by atoms with Crippen LogP contribution in [0.2, 0.25) is 0 Å². The summed E-state index contributed by atoms with van der Waals surface area (Å²) in [6.07, 6.45) is 9.77. The SMILES string of the molecule is C1=CCC=c2c(n(-c3cccc(-c4nc(-c5ccc6oc7ccccc7c6c5)nc(-c5ccccc5-c5cccc(-c6ccccc6)c5)n4)c3)c3ccccc23)=C1. The van der Waals surface area contributed by atoms with Crippen LogP contribution in [-0.4, -0.2) is 19.5 Å². The molecule has 7 aromatic carbocycles. The lowest BCUT2D eigenvalue weighted by Gasteiger charge is -2.14. The molecule has 0 bridgehead atoms. The third-order valence-electron chi connectivity index (χ3n) is 10.9. The Morgan fingerprint density at radius 2 is 1.12 bits per heavy atom. The van der Waals surface area contributed by atoms with Gasteiger partial charge < -0.3 is 8.98 Å². The van der Waals surface area contributed by atoms with Crippen molar-refractivity contribution in [1.82, 2.24) is 19.5 Å². The molecule has 0 fully saturated rings. The van der Waals surface area contributed by atoms with Crippen LogP contribution in [0.5, 0.6) is 0 Å². The van der Waals surface area contributed by atoms with Crippen molar-refractivity contribution in [2.45, 2.75) is 6.42 Å². The molecule has 10 aromatic rings. The minimum atomic E-state index is 0.591. The maximum Gasteiger partial charge on any atom is 0.164 e. The zero-order valence-corrected chi connectivity index (χ0v) is 30.9. The second-order valence-corrected chi connectivity index (χ2v) is 14.3. The second-order valence-electron chi connectivity index (χ2n) is 14.3. The monoisotopic (exact) mass is 730 g/mol. The Morgan fingerprint density at radius 3 is 2.02 bits per heavy atom. The van der Waals surface area contributed by atoms with Crippen LogP contribution in [0.3, 0.4) is 0 Å². The Hall–Kier alpha value is -7.63. The first kappa shape index (κ1) is 32.8. The average Bonchev–Trinajstić information content (AvgIpc) is 3.70. The van der Waals surface area contributed by atoms with Crippen molar-refractivity contribution in [1.29, 1.82) is 0 Å². The van der Waals surface area contributed by atoms with Crippen LogP contribution in [0.4, 0.5) is 0 Å². The van der Waals surface area contributed by atoms with E-state index in [2.05, 4.69) is 162 Å². The Bertz CT molecular complexity index is 3340. The van der Waals surface area contributed by atoms with E-state index in [4.69, 9.17) is 19.4 Å². The van der Waals surface area contributed by atoms with E-state index in [0.717, 1.165) is 78.3 Å². The molecular weight excluding hydrogens is 697 g/mol. The predicted molar refractivity (Wildman–Crippen MR) is 233 cm³/mol. The number of furan rings is 1. The summed E-state index contributed by atoms with van der Waals surface area (Å²) in [6.45, 7) is 0. The Balaban J connectivity index is 1.12. The van der Waals surface area contributed by atoms with Gasteiger partial charge in [0.05, 0.1) is 10.9 Å². The molecule has 0 atom stereocenters. The summed E-state index contributed by atoms with van der Waals surface area (Å²) in [5, 5.41) is 5.72. The molecule has 3 aromatic heterocycles. The summed E-state index contributed by atoms with van der Waals surface area (Å²) < 4.78 is 8.54. The molecule has 0 saturated carbocycles. The van der Waals surface area contributed by atoms with Crippen molar-refractivity contribution in [3.05, 3.63) is 193 Å². The topological polar surface area (TPSA) is 56.7 Å². The summed E-state index contributed by atoms with van der Waals surface area (Å²) >= 11 is 0. The van der Waals surface area contributed by atoms with Gasteiger partial charge in [-0.1, -0.05) is 140 Å². The first-order valence-corrected chi connectivity index (χ1v) is 19.3. The lowest BCUT2D eigenvalue weighted by molar-refractivity contribution is 0.669. The molecule has 5 heteroatoms. The third-order valence-corrected chi connectivity index (χ3v) is 10.9. The number of benzene rings is 7. The van der Waals surface area contributed by atoms with E-state index in [1.54, 1.807) is 0 Å². The first-order chi connectivity index (χ1) is 28.2. The quantitative estimate of drug-likeness (QED) is 0.171. The highest BCUT2D eigenvalue weighted by molar-refractivity contribution is 6.06. The molecular formula is C52H34N4O. The van der Waals surface area contributed by atoms with Crippen LogP contribution in [0.25, 0.3) is 107 Å². The zero-order chi connectivity index (χ0) is 37.7.